The number of halogens is 1. The molecule has 0 bridgehead atoms. The molecular weight excluding hydrogens is 434 g/mol. The van der Waals surface area contributed by atoms with Crippen molar-refractivity contribution in [2.75, 3.05) is 0 Å². The predicted molar refractivity (Wildman–Crippen MR) is 125 cm³/mol. The molecular formula is C22H24ClN5O2S. The molecule has 9 heteroatoms. The summed E-state index contributed by atoms with van der Waals surface area (Å²) in [5, 5.41) is 17.8. The van der Waals surface area contributed by atoms with Gasteiger partial charge in [0.15, 0.2) is 0 Å². The van der Waals surface area contributed by atoms with E-state index in [1.165, 1.54) is 18.1 Å². The second-order valence-electron chi connectivity index (χ2n) is 6.25. The van der Waals surface area contributed by atoms with Gasteiger partial charge in [-0.05, 0) is 29.8 Å². The van der Waals surface area contributed by atoms with Crippen LogP contribution in [0.2, 0.25) is 5.02 Å². The van der Waals surface area contributed by atoms with Crippen LogP contribution in [-0.4, -0.2) is 41.5 Å². The smallest absolute Gasteiger partial charge is 0.317 e. The first-order chi connectivity index (χ1) is 14.1. The lowest BCUT2D eigenvalue weighted by Gasteiger charge is -2.11. The van der Waals surface area contributed by atoms with Gasteiger partial charge in [0, 0.05) is 46.9 Å². The predicted octanol–water partition coefficient (Wildman–Crippen LogP) is 5.58. The molecule has 0 amide bonds. The second-order valence-corrected chi connectivity index (χ2v) is 7.88. The van der Waals surface area contributed by atoms with Gasteiger partial charge in [0.1, 0.15) is 10.3 Å². The van der Waals surface area contributed by atoms with E-state index < -0.39 is 11.2 Å². The summed E-state index contributed by atoms with van der Waals surface area (Å²) in [6.07, 6.45) is 6.86. The van der Waals surface area contributed by atoms with E-state index in [1.54, 1.807) is 30.7 Å². The van der Waals surface area contributed by atoms with Crippen molar-refractivity contribution < 1.29 is 9.90 Å². The van der Waals surface area contributed by atoms with Gasteiger partial charge in [0.25, 0.3) is 0 Å². The Labute approximate surface area is 190 Å². The minimum absolute atomic E-state index is 0. The first-order valence-electron chi connectivity index (χ1n) is 8.73. The fourth-order valence-corrected chi connectivity index (χ4v) is 4.13. The fourth-order valence-electron chi connectivity index (χ4n) is 2.93. The Hall–Kier alpha value is -3.10. The van der Waals surface area contributed by atoms with Gasteiger partial charge < -0.3 is 10.1 Å². The number of rotatable bonds is 7. The number of hydrogen-bond acceptors (Lipinski definition) is 5. The molecule has 4 aromatic rings. The Morgan fingerprint density at radius 1 is 1.06 bits per heavy atom. The van der Waals surface area contributed by atoms with E-state index in [9.17, 15) is 9.90 Å². The lowest BCUT2D eigenvalue weighted by molar-refractivity contribution is -0.136. The summed E-state index contributed by atoms with van der Waals surface area (Å²) in [6.45, 7) is 0. The number of hydrogen-bond donors (Lipinski definition) is 3. The number of aliphatic carboxylic acids is 1. The van der Waals surface area contributed by atoms with E-state index in [2.05, 4.69) is 25.1 Å². The molecule has 1 aromatic carbocycles. The zero-order valence-corrected chi connectivity index (χ0v) is 16.6. The third-order valence-corrected chi connectivity index (χ3v) is 5.75. The number of aromatic nitrogens is 5. The minimum Gasteiger partial charge on any atom is -0.480 e. The zero-order valence-electron chi connectivity index (χ0n) is 15.0. The van der Waals surface area contributed by atoms with Crippen LogP contribution in [0, 0.1) is 0 Å². The summed E-state index contributed by atoms with van der Waals surface area (Å²) in [5.41, 5.74) is 4.17. The third kappa shape index (κ3) is 5.53. The number of carboxylic acid groups (broad SMARTS) is 1. The van der Waals surface area contributed by atoms with Crippen molar-refractivity contribution in [1.82, 2.24) is 25.1 Å². The molecule has 7 nitrogen and oxygen atoms in total. The first-order valence-corrected chi connectivity index (χ1v) is 9.99. The van der Waals surface area contributed by atoms with Crippen molar-refractivity contribution in [2.45, 2.75) is 31.6 Å². The molecule has 4 rings (SSSR count). The molecule has 0 saturated heterocycles. The maximum Gasteiger partial charge on any atom is 0.317 e. The van der Waals surface area contributed by atoms with Crippen LogP contribution in [0.15, 0.2) is 66.3 Å². The number of nitrogens with zero attached hydrogens (tertiary/aromatic N) is 3. The summed E-state index contributed by atoms with van der Waals surface area (Å²) >= 11 is 7.22. The largest absolute Gasteiger partial charge is 0.480 e. The average Bonchev–Trinajstić information content (AvgIpc) is 3.39. The molecule has 0 aliphatic rings. The topological polar surface area (TPSA) is 108 Å². The van der Waals surface area contributed by atoms with Gasteiger partial charge in [-0.15, -0.1) is 0 Å². The summed E-state index contributed by atoms with van der Waals surface area (Å²) < 4.78 is 0. The molecule has 0 saturated carbocycles. The molecule has 3 aromatic heterocycles. The van der Waals surface area contributed by atoms with E-state index in [-0.39, 0.29) is 14.9 Å². The van der Waals surface area contributed by atoms with Gasteiger partial charge in [-0.3, -0.25) is 14.9 Å². The van der Waals surface area contributed by atoms with Crippen molar-refractivity contribution in [1.29, 1.82) is 0 Å². The number of imidazole rings is 1. The van der Waals surface area contributed by atoms with Gasteiger partial charge in [0.2, 0.25) is 0 Å². The second kappa shape index (κ2) is 10.8. The van der Waals surface area contributed by atoms with Crippen molar-refractivity contribution in [2.24, 2.45) is 0 Å². The molecule has 0 aliphatic heterocycles. The Morgan fingerprint density at radius 2 is 1.77 bits per heavy atom. The highest BCUT2D eigenvalue weighted by Crippen LogP contribution is 2.39. The van der Waals surface area contributed by atoms with Crippen LogP contribution in [0.3, 0.4) is 0 Å². The van der Waals surface area contributed by atoms with Crippen molar-refractivity contribution in [3.63, 3.8) is 0 Å². The fraction of sp³-hybridized carbons (Fsp3) is 0.182. The minimum atomic E-state index is -0.915. The molecule has 162 valence electrons. The van der Waals surface area contributed by atoms with E-state index in [4.69, 9.17) is 11.6 Å². The van der Waals surface area contributed by atoms with Crippen LogP contribution in [0.5, 0.6) is 0 Å². The number of nitrogens with one attached hydrogen (secondary N) is 2. The summed E-state index contributed by atoms with van der Waals surface area (Å²) in [6, 6.07) is 11.2. The summed E-state index contributed by atoms with van der Waals surface area (Å²) in [4.78, 5) is 22.9. The van der Waals surface area contributed by atoms with Crippen LogP contribution in [-0.2, 0) is 11.2 Å². The zero-order chi connectivity index (χ0) is 20.2. The van der Waals surface area contributed by atoms with Crippen LogP contribution >= 0.6 is 23.4 Å². The van der Waals surface area contributed by atoms with Gasteiger partial charge in [-0.1, -0.05) is 50.3 Å². The van der Waals surface area contributed by atoms with Crippen LogP contribution in [0.1, 0.15) is 20.5 Å². The number of carboxylic acids is 1. The molecule has 3 heterocycles. The summed E-state index contributed by atoms with van der Waals surface area (Å²) in [7, 11) is 0. The molecule has 1 atom stereocenters. The van der Waals surface area contributed by atoms with Crippen molar-refractivity contribution in [3.05, 3.63) is 72.0 Å². The highest BCUT2D eigenvalue weighted by Gasteiger charge is 2.25. The first kappa shape index (κ1) is 24.2. The van der Waals surface area contributed by atoms with Gasteiger partial charge in [-0.2, -0.15) is 5.10 Å². The Bertz CT molecular complexity index is 1100. The molecule has 0 radical (unpaired) electrons. The number of pyridine rings is 1. The molecule has 31 heavy (non-hydrogen) atoms. The van der Waals surface area contributed by atoms with E-state index in [0.717, 1.165) is 28.1 Å². The van der Waals surface area contributed by atoms with Gasteiger partial charge in [0.05, 0.1) is 12.0 Å². The van der Waals surface area contributed by atoms with Gasteiger partial charge in [-0.25, -0.2) is 4.98 Å². The standard InChI is InChI=1S/C20H16ClN5O2S.2CH4/c21-14-3-1-13(2-4-14)18-17(12-5-7-22-8-6-12)19(26-25-18)29-16(20(27)28)9-15-10-23-11-24-15;;/h1-8,10-11,16H,9H2,(H,23,24)(H,25,26)(H,27,28);2*1H4. The lowest BCUT2D eigenvalue weighted by atomic mass is 10.0. The molecule has 0 spiro atoms. The van der Waals surface area contributed by atoms with Crippen LogP contribution < -0.4 is 0 Å². The summed E-state index contributed by atoms with van der Waals surface area (Å²) in [5.74, 6) is -0.915. The Balaban J connectivity index is 0.00000171. The lowest BCUT2D eigenvalue weighted by Crippen LogP contribution is -2.19. The SMILES string of the molecule is C.C.O=C(O)C(Cc1cnc[nH]1)Sc1n[nH]c(-c2ccc(Cl)cc2)c1-c1ccncc1. The number of H-pyrrole nitrogens is 2. The van der Waals surface area contributed by atoms with E-state index in [0.29, 0.717) is 16.5 Å². The number of thioether (sulfide) groups is 1. The number of carbonyl (C=O) groups is 1. The normalized spacial score (nSPS) is 11.3. The third-order valence-electron chi connectivity index (χ3n) is 4.32. The number of benzene rings is 1. The molecule has 3 N–H and O–H groups in total. The van der Waals surface area contributed by atoms with Crippen LogP contribution in [0.4, 0.5) is 0 Å². The highest BCUT2D eigenvalue weighted by molar-refractivity contribution is 8.00. The van der Waals surface area contributed by atoms with Crippen molar-refractivity contribution >= 4 is 29.3 Å². The van der Waals surface area contributed by atoms with E-state index >= 15 is 0 Å². The molecule has 1 unspecified atom stereocenters. The molecule has 0 aliphatic carbocycles. The Morgan fingerprint density at radius 3 is 2.39 bits per heavy atom. The quantitative estimate of drug-likeness (QED) is 0.313. The average molecular weight is 458 g/mol. The maximum absolute atomic E-state index is 11.9. The monoisotopic (exact) mass is 457 g/mol. The molecule has 0 fully saturated rings. The van der Waals surface area contributed by atoms with Crippen LogP contribution in [0.25, 0.3) is 22.4 Å². The maximum atomic E-state index is 11.9. The highest BCUT2D eigenvalue weighted by atomic mass is 35.5. The number of aromatic amines is 2. The van der Waals surface area contributed by atoms with Crippen molar-refractivity contribution in [3.8, 4) is 22.4 Å². The van der Waals surface area contributed by atoms with Gasteiger partial charge >= 0.3 is 5.97 Å². The van der Waals surface area contributed by atoms with E-state index in [1.807, 2.05) is 24.3 Å². The Kier molecular flexibility index (Phi) is 8.41.